The molecule has 162 valence electrons. The van der Waals surface area contributed by atoms with Crippen molar-refractivity contribution in [2.24, 2.45) is 0 Å². The molecule has 1 spiro atoms. The van der Waals surface area contributed by atoms with E-state index in [0.29, 0.717) is 45.6 Å². The van der Waals surface area contributed by atoms with E-state index in [1.165, 1.54) is 0 Å². The fourth-order valence-corrected chi connectivity index (χ4v) is 4.02. The third kappa shape index (κ3) is 4.82. The third-order valence-corrected chi connectivity index (χ3v) is 5.41. The van der Waals surface area contributed by atoms with Gasteiger partial charge in [-0.2, -0.15) is 0 Å². The lowest BCUT2D eigenvalue weighted by molar-refractivity contribution is -0.133. The van der Waals surface area contributed by atoms with Crippen LogP contribution in [0.5, 0.6) is 0 Å². The zero-order chi connectivity index (χ0) is 20.4. The molecule has 29 heavy (non-hydrogen) atoms. The molecule has 8 heteroatoms. The summed E-state index contributed by atoms with van der Waals surface area (Å²) in [5, 5.41) is 9.18. The number of ether oxygens (including phenoxy) is 1. The van der Waals surface area contributed by atoms with Gasteiger partial charge in [0.25, 0.3) is 0 Å². The fourth-order valence-electron chi connectivity index (χ4n) is 4.02. The molecule has 2 heterocycles. The van der Waals surface area contributed by atoms with Crippen LogP contribution in [0.3, 0.4) is 0 Å². The monoisotopic (exact) mass is 407 g/mol. The lowest BCUT2D eigenvalue weighted by Gasteiger charge is -2.43. The Balaban J connectivity index is 0.00000300. The summed E-state index contributed by atoms with van der Waals surface area (Å²) in [6, 6.07) is 9.94. The van der Waals surface area contributed by atoms with E-state index < -0.39 is 11.1 Å². The Kier molecular flexibility index (Phi) is 7.13. The summed E-state index contributed by atoms with van der Waals surface area (Å²) in [4.78, 5) is 31.5. The predicted octanol–water partition coefficient (Wildman–Crippen LogP) is 1.62. The van der Waals surface area contributed by atoms with Gasteiger partial charge in [0.1, 0.15) is 11.1 Å². The van der Waals surface area contributed by atoms with Gasteiger partial charge >= 0.3 is 6.09 Å². The molecule has 3 N–H and O–H groups in total. The van der Waals surface area contributed by atoms with Crippen LogP contribution in [0, 0.1) is 0 Å². The first kappa shape index (κ1) is 23.0. The van der Waals surface area contributed by atoms with Crippen LogP contribution in [0.4, 0.5) is 10.5 Å². The molecule has 0 aliphatic carbocycles. The van der Waals surface area contributed by atoms with Gasteiger partial charge in [0.05, 0.1) is 6.67 Å². The van der Waals surface area contributed by atoms with E-state index in [0.717, 1.165) is 5.69 Å². The molecule has 0 aromatic heterocycles. The van der Waals surface area contributed by atoms with Gasteiger partial charge in [0, 0.05) is 31.9 Å². The van der Waals surface area contributed by atoms with Crippen molar-refractivity contribution in [3.63, 3.8) is 0 Å². The van der Waals surface area contributed by atoms with Crippen molar-refractivity contribution in [3.05, 3.63) is 30.3 Å². The number of amides is 2. The maximum Gasteiger partial charge on any atom is 0.410 e. The molecule has 0 saturated carbocycles. The number of rotatable bonds is 4. The van der Waals surface area contributed by atoms with E-state index in [9.17, 15) is 14.7 Å². The highest BCUT2D eigenvalue weighted by Gasteiger charge is 2.54. The minimum absolute atomic E-state index is 0. The molecule has 2 saturated heterocycles. The minimum atomic E-state index is -0.644. The number of aliphatic hydroxyl groups excluding tert-OH is 1. The van der Waals surface area contributed by atoms with Crippen LogP contribution in [-0.2, 0) is 9.53 Å². The number of anilines is 1. The van der Waals surface area contributed by atoms with Gasteiger partial charge in [-0.1, -0.05) is 18.2 Å². The second-order valence-electron chi connectivity index (χ2n) is 8.55. The quantitative estimate of drug-likeness (QED) is 0.817. The average molecular weight is 408 g/mol. The maximum atomic E-state index is 13.3. The standard InChI is InChI=1S/C21H31N3O4.H2O/c1-20(2,3)28-19(27)22-13-10-21(11-14-22)18(26)23(12-7-15-25)16-24(21)17-8-5-4-6-9-17;/h4-6,8-9,25H,7,10-16H2,1-3H3;1H2. The van der Waals surface area contributed by atoms with Crippen LogP contribution in [0.1, 0.15) is 40.0 Å². The van der Waals surface area contributed by atoms with Crippen molar-refractivity contribution < 1.29 is 24.9 Å². The van der Waals surface area contributed by atoms with E-state index in [2.05, 4.69) is 4.90 Å². The number of hydrogen-bond acceptors (Lipinski definition) is 5. The molecule has 2 amide bonds. The molecule has 1 aromatic rings. The zero-order valence-electron chi connectivity index (χ0n) is 17.6. The minimum Gasteiger partial charge on any atom is -0.444 e. The molecule has 0 atom stereocenters. The summed E-state index contributed by atoms with van der Waals surface area (Å²) in [5.41, 5.74) is -0.171. The smallest absolute Gasteiger partial charge is 0.410 e. The Labute approximate surface area is 172 Å². The SMILES string of the molecule is CC(C)(C)OC(=O)N1CCC2(CC1)C(=O)N(CCCO)CN2c1ccccc1.O. The van der Waals surface area contributed by atoms with E-state index in [1.54, 1.807) is 4.90 Å². The number of carbonyl (C=O) groups is 2. The second kappa shape index (κ2) is 9.00. The maximum absolute atomic E-state index is 13.3. The highest BCUT2D eigenvalue weighted by atomic mass is 16.6. The number of para-hydroxylation sites is 1. The van der Waals surface area contributed by atoms with Crippen LogP contribution >= 0.6 is 0 Å². The Hall–Kier alpha value is -2.32. The molecule has 2 aliphatic heterocycles. The van der Waals surface area contributed by atoms with Gasteiger partial charge in [0.2, 0.25) is 5.91 Å². The molecular formula is C21H33N3O5. The molecular weight excluding hydrogens is 374 g/mol. The second-order valence-corrected chi connectivity index (χ2v) is 8.55. The summed E-state index contributed by atoms with van der Waals surface area (Å²) in [6.07, 6.45) is 1.37. The Morgan fingerprint density at radius 3 is 2.34 bits per heavy atom. The largest absolute Gasteiger partial charge is 0.444 e. The molecule has 2 fully saturated rings. The van der Waals surface area contributed by atoms with Gasteiger partial charge in [-0.05, 0) is 52.2 Å². The van der Waals surface area contributed by atoms with E-state index in [1.807, 2.05) is 56.0 Å². The first-order chi connectivity index (χ1) is 13.3. The summed E-state index contributed by atoms with van der Waals surface area (Å²) in [5.74, 6) is 0.0913. The summed E-state index contributed by atoms with van der Waals surface area (Å²) in [6.45, 7) is 7.64. The topological polar surface area (TPSA) is 105 Å². The van der Waals surface area contributed by atoms with Crippen LogP contribution in [0.15, 0.2) is 30.3 Å². The molecule has 2 aliphatic rings. The Morgan fingerprint density at radius 1 is 1.17 bits per heavy atom. The van der Waals surface area contributed by atoms with Crippen molar-refractivity contribution in [1.29, 1.82) is 0 Å². The van der Waals surface area contributed by atoms with E-state index in [-0.39, 0.29) is 24.1 Å². The van der Waals surface area contributed by atoms with Gasteiger partial charge in [-0.3, -0.25) is 4.79 Å². The Morgan fingerprint density at radius 2 is 1.79 bits per heavy atom. The number of piperidine rings is 1. The number of carbonyl (C=O) groups excluding carboxylic acids is 2. The molecule has 8 nitrogen and oxygen atoms in total. The fraction of sp³-hybridized carbons (Fsp3) is 0.619. The summed E-state index contributed by atoms with van der Waals surface area (Å²) in [7, 11) is 0. The van der Waals surface area contributed by atoms with E-state index in [4.69, 9.17) is 4.74 Å². The average Bonchev–Trinajstić information content (AvgIpc) is 2.92. The van der Waals surface area contributed by atoms with Crippen molar-refractivity contribution in [3.8, 4) is 0 Å². The summed E-state index contributed by atoms with van der Waals surface area (Å²) >= 11 is 0. The highest BCUT2D eigenvalue weighted by molar-refractivity contribution is 5.93. The van der Waals surface area contributed by atoms with Crippen molar-refractivity contribution in [2.45, 2.75) is 51.2 Å². The normalized spacial score (nSPS) is 18.8. The first-order valence-corrected chi connectivity index (χ1v) is 9.98. The highest BCUT2D eigenvalue weighted by Crippen LogP contribution is 2.39. The van der Waals surface area contributed by atoms with Crippen molar-refractivity contribution in [2.75, 3.05) is 37.8 Å². The number of hydrogen-bond donors (Lipinski definition) is 1. The van der Waals surface area contributed by atoms with Gasteiger partial charge < -0.3 is 30.0 Å². The lowest BCUT2D eigenvalue weighted by Crippen LogP contribution is -2.57. The molecule has 0 bridgehead atoms. The molecule has 0 unspecified atom stereocenters. The Bertz CT molecular complexity index is 696. The van der Waals surface area contributed by atoms with Gasteiger partial charge in [-0.15, -0.1) is 0 Å². The van der Waals surface area contributed by atoms with Gasteiger partial charge in [-0.25, -0.2) is 4.79 Å². The molecule has 1 aromatic carbocycles. The van der Waals surface area contributed by atoms with E-state index >= 15 is 0 Å². The summed E-state index contributed by atoms with van der Waals surface area (Å²) < 4.78 is 5.49. The van der Waals surface area contributed by atoms with Crippen LogP contribution in [0.25, 0.3) is 0 Å². The van der Waals surface area contributed by atoms with Gasteiger partial charge in [0.15, 0.2) is 0 Å². The predicted molar refractivity (Wildman–Crippen MR) is 111 cm³/mol. The number of likely N-dealkylation sites (tertiary alicyclic amines) is 1. The van der Waals surface area contributed by atoms with Crippen molar-refractivity contribution >= 4 is 17.7 Å². The van der Waals surface area contributed by atoms with Crippen LogP contribution in [0.2, 0.25) is 0 Å². The number of benzene rings is 1. The number of aliphatic hydroxyl groups is 1. The number of nitrogens with zero attached hydrogens (tertiary/aromatic N) is 3. The molecule has 0 radical (unpaired) electrons. The lowest BCUT2D eigenvalue weighted by atomic mass is 9.85. The van der Waals surface area contributed by atoms with Crippen molar-refractivity contribution in [1.82, 2.24) is 9.80 Å². The van der Waals surface area contributed by atoms with Crippen LogP contribution < -0.4 is 4.90 Å². The third-order valence-electron chi connectivity index (χ3n) is 5.41. The zero-order valence-corrected chi connectivity index (χ0v) is 17.6. The molecule has 3 rings (SSSR count). The van der Waals surface area contributed by atoms with Crippen LogP contribution in [-0.4, -0.2) is 76.4 Å². The first-order valence-electron chi connectivity index (χ1n) is 9.98.